The van der Waals surface area contributed by atoms with Gasteiger partial charge in [-0.3, -0.25) is 4.79 Å². The number of nitrogens with zero attached hydrogens (tertiary/aromatic N) is 1. The zero-order valence-electron chi connectivity index (χ0n) is 10.4. The largest absolute Gasteiger partial charge is 0.394 e. The van der Waals surface area contributed by atoms with Gasteiger partial charge in [-0.15, -0.1) is 0 Å². The number of nitrogens with two attached hydrogens (primary N) is 1. The summed E-state index contributed by atoms with van der Waals surface area (Å²) in [6.07, 6.45) is 5.01. The van der Waals surface area contributed by atoms with Crippen LogP contribution in [0.5, 0.6) is 0 Å². The molecule has 0 aromatic rings. The third kappa shape index (κ3) is 3.46. The van der Waals surface area contributed by atoms with Crippen LogP contribution in [0.2, 0.25) is 0 Å². The van der Waals surface area contributed by atoms with Crippen LogP contribution in [0.4, 0.5) is 0 Å². The normalized spacial score (nSPS) is 27.5. The topological polar surface area (TPSA) is 66.6 Å². The van der Waals surface area contributed by atoms with Crippen LogP contribution in [-0.2, 0) is 4.79 Å². The molecule has 3 unspecified atom stereocenters. The molecule has 0 aromatic heterocycles. The van der Waals surface area contributed by atoms with Gasteiger partial charge in [0.05, 0.1) is 12.6 Å². The van der Waals surface area contributed by atoms with E-state index in [9.17, 15) is 4.79 Å². The number of rotatable bonds is 4. The molecule has 3 atom stereocenters. The van der Waals surface area contributed by atoms with E-state index in [-0.39, 0.29) is 24.6 Å². The Morgan fingerprint density at radius 2 is 2.12 bits per heavy atom. The first-order valence-electron chi connectivity index (χ1n) is 6.18. The van der Waals surface area contributed by atoms with Gasteiger partial charge in [-0.05, 0) is 25.7 Å². The molecule has 0 saturated heterocycles. The van der Waals surface area contributed by atoms with Crippen LogP contribution in [0, 0.1) is 5.92 Å². The third-order valence-corrected chi connectivity index (χ3v) is 3.72. The summed E-state index contributed by atoms with van der Waals surface area (Å²) in [7, 11) is 1.75. The molecule has 1 saturated carbocycles. The number of amides is 1. The number of hydrogen-bond acceptors (Lipinski definition) is 3. The summed E-state index contributed by atoms with van der Waals surface area (Å²) in [6.45, 7) is 1.86. The Morgan fingerprint density at radius 1 is 1.50 bits per heavy atom. The molecule has 1 rings (SSSR count). The summed E-state index contributed by atoms with van der Waals surface area (Å²) >= 11 is 0. The van der Waals surface area contributed by atoms with Crippen LogP contribution in [0.1, 0.15) is 39.0 Å². The highest BCUT2D eigenvalue weighted by Crippen LogP contribution is 2.26. The lowest BCUT2D eigenvalue weighted by atomic mass is 9.82. The molecular formula is C12H24N2O2. The lowest BCUT2D eigenvalue weighted by Crippen LogP contribution is -2.41. The molecule has 0 bridgehead atoms. The predicted octanol–water partition coefficient (Wildman–Crippen LogP) is 0.733. The number of carbonyl (C=O) groups is 1. The summed E-state index contributed by atoms with van der Waals surface area (Å²) < 4.78 is 0. The van der Waals surface area contributed by atoms with Crippen LogP contribution in [0.25, 0.3) is 0 Å². The third-order valence-electron chi connectivity index (χ3n) is 3.72. The number of carbonyl (C=O) groups excluding carboxylic acids is 1. The minimum absolute atomic E-state index is 0.0129. The standard InChI is InChI=1S/C12H24N2O2/c1-9(8-15)14(2)12(16)7-10-5-3-4-6-11(10)13/h9-11,15H,3-8,13H2,1-2H3. The highest BCUT2D eigenvalue weighted by atomic mass is 16.3. The van der Waals surface area contributed by atoms with E-state index in [0.717, 1.165) is 12.8 Å². The van der Waals surface area contributed by atoms with E-state index in [1.807, 2.05) is 6.92 Å². The van der Waals surface area contributed by atoms with Crippen molar-refractivity contribution < 1.29 is 9.90 Å². The van der Waals surface area contributed by atoms with Crippen molar-refractivity contribution in [3.63, 3.8) is 0 Å². The molecule has 3 N–H and O–H groups in total. The fourth-order valence-corrected chi connectivity index (χ4v) is 2.23. The van der Waals surface area contributed by atoms with Gasteiger partial charge >= 0.3 is 0 Å². The molecule has 0 aromatic carbocycles. The minimum Gasteiger partial charge on any atom is -0.394 e. The maximum absolute atomic E-state index is 11.9. The highest BCUT2D eigenvalue weighted by Gasteiger charge is 2.26. The molecule has 0 spiro atoms. The average molecular weight is 228 g/mol. The van der Waals surface area contributed by atoms with E-state index in [1.54, 1.807) is 11.9 Å². The quantitative estimate of drug-likeness (QED) is 0.745. The van der Waals surface area contributed by atoms with Gasteiger partial charge in [-0.25, -0.2) is 0 Å². The van der Waals surface area contributed by atoms with Crippen molar-refractivity contribution in [3.8, 4) is 0 Å². The molecule has 1 aliphatic carbocycles. The van der Waals surface area contributed by atoms with E-state index >= 15 is 0 Å². The zero-order valence-corrected chi connectivity index (χ0v) is 10.4. The first-order chi connectivity index (χ1) is 7.56. The van der Waals surface area contributed by atoms with Crippen molar-refractivity contribution in [2.75, 3.05) is 13.7 Å². The van der Waals surface area contributed by atoms with E-state index in [1.165, 1.54) is 12.8 Å². The van der Waals surface area contributed by atoms with Crippen molar-refractivity contribution in [2.45, 2.75) is 51.1 Å². The van der Waals surface area contributed by atoms with Crippen LogP contribution < -0.4 is 5.73 Å². The van der Waals surface area contributed by atoms with Crippen molar-refractivity contribution in [1.82, 2.24) is 4.90 Å². The van der Waals surface area contributed by atoms with Gasteiger partial charge in [0.1, 0.15) is 0 Å². The van der Waals surface area contributed by atoms with E-state index in [2.05, 4.69) is 0 Å². The van der Waals surface area contributed by atoms with Crippen molar-refractivity contribution in [1.29, 1.82) is 0 Å². The predicted molar refractivity (Wildman–Crippen MR) is 63.9 cm³/mol. The molecule has 0 aliphatic heterocycles. The summed E-state index contributed by atoms with van der Waals surface area (Å²) in [5.74, 6) is 0.429. The van der Waals surface area contributed by atoms with Gasteiger partial charge in [0.15, 0.2) is 0 Å². The maximum atomic E-state index is 11.9. The summed E-state index contributed by atoms with van der Waals surface area (Å²) in [4.78, 5) is 13.5. The Hall–Kier alpha value is -0.610. The molecule has 94 valence electrons. The Bertz CT molecular complexity index is 233. The first kappa shape index (κ1) is 13.5. The smallest absolute Gasteiger partial charge is 0.222 e. The van der Waals surface area contributed by atoms with Crippen LogP contribution in [0.3, 0.4) is 0 Å². The van der Waals surface area contributed by atoms with Crippen LogP contribution in [0.15, 0.2) is 0 Å². The van der Waals surface area contributed by atoms with Crippen molar-refractivity contribution in [3.05, 3.63) is 0 Å². The van der Waals surface area contributed by atoms with Gasteiger partial charge in [-0.2, -0.15) is 0 Å². The maximum Gasteiger partial charge on any atom is 0.222 e. The number of hydrogen-bond donors (Lipinski definition) is 2. The molecule has 4 nitrogen and oxygen atoms in total. The van der Waals surface area contributed by atoms with Gasteiger partial charge in [0.25, 0.3) is 0 Å². The molecule has 1 amide bonds. The highest BCUT2D eigenvalue weighted by molar-refractivity contribution is 5.76. The lowest BCUT2D eigenvalue weighted by Gasteiger charge is -2.31. The fourth-order valence-electron chi connectivity index (χ4n) is 2.23. The Balaban J connectivity index is 2.43. The van der Waals surface area contributed by atoms with Gasteiger partial charge in [-0.1, -0.05) is 12.8 Å². The average Bonchev–Trinajstić information content (AvgIpc) is 2.30. The van der Waals surface area contributed by atoms with Crippen LogP contribution >= 0.6 is 0 Å². The monoisotopic (exact) mass is 228 g/mol. The Morgan fingerprint density at radius 3 is 2.69 bits per heavy atom. The number of aliphatic hydroxyl groups is 1. The van der Waals surface area contributed by atoms with E-state index in [0.29, 0.717) is 12.3 Å². The first-order valence-corrected chi connectivity index (χ1v) is 6.18. The van der Waals surface area contributed by atoms with Crippen molar-refractivity contribution >= 4 is 5.91 Å². The summed E-state index contributed by atoms with van der Waals surface area (Å²) in [5.41, 5.74) is 6.02. The minimum atomic E-state index is -0.104. The van der Waals surface area contributed by atoms with Gasteiger partial charge in [0.2, 0.25) is 5.91 Å². The molecule has 4 heteroatoms. The van der Waals surface area contributed by atoms with Crippen molar-refractivity contribution in [2.24, 2.45) is 11.7 Å². The fraction of sp³-hybridized carbons (Fsp3) is 0.917. The second-order valence-electron chi connectivity index (χ2n) is 4.95. The molecule has 0 heterocycles. The molecule has 16 heavy (non-hydrogen) atoms. The Kier molecular flexibility index (Phi) is 5.22. The number of aliphatic hydroxyl groups excluding tert-OH is 1. The molecular weight excluding hydrogens is 204 g/mol. The molecule has 1 aliphatic rings. The van der Waals surface area contributed by atoms with E-state index in [4.69, 9.17) is 10.8 Å². The second-order valence-corrected chi connectivity index (χ2v) is 4.95. The zero-order chi connectivity index (χ0) is 12.1. The van der Waals surface area contributed by atoms with E-state index < -0.39 is 0 Å². The second kappa shape index (κ2) is 6.21. The Labute approximate surface area is 97.8 Å². The van der Waals surface area contributed by atoms with Gasteiger partial charge in [0, 0.05) is 19.5 Å². The SMILES string of the molecule is CC(CO)N(C)C(=O)CC1CCCCC1N. The molecule has 1 fully saturated rings. The lowest BCUT2D eigenvalue weighted by molar-refractivity contribution is -0.133. The summed E-state index contributed by atoms with van der Waals surface area (Å²) in [5, 5.41) is 8.99. The molecule has 0 radical (unpaired) electrons. The number of likely N-dealkylation sites (N-methyl/N-ethyl adjacent to an activating group) is 1. The van der Waals surface area contributed by atoms with Gasteiger partial charge < -0.3 is 15.7 Å². The summed E-state index contributed by atoms with van der Waals surface area (Å²) in [6, 6.07) is 0.0721. The van der Waals surface area contributed by atoms with Crippen LogP contribution in [-0.4, -0.2) is 41.7 Å².